The molecule has 0 amide bonds. The van der Waals surface area contributed by atoms with Crippen molar-refractivity contribution >= 4 is 10.0 Å². The predicted octanol–water partition coefficient (Wildman–Crippen LogP) is 1.09. The van der Waals surface area contributed by atoms with Crippen LogP contribution in [-0.4, -0.2) is 24.8 Å². The summed E-state index contributed by atoms with van der Waals surface area (Å²) in [6.07, 6.45) is 1.64. The zero-order chi connectivity index (χ0) is 11.3. The summed E-state index contributed by atoms with van der Waals surface area (Å²) in [5, 5.41) is 0. The van der Waals surface area contributed by atoms with Crippen LogP contribution in [0.3, 0.4) is 0 Å². The fourth-order valence-electron chi connectivity index (χ4n) is 1.94. The van der Waals surface area contributed by atoms with Gasteiger partial charge in [0.25, 0.3) is 0 Å². The van der Waals surface area contributed by atoms with Crippen molar-refractivity contribution in [3.05, 3.63) is 29.6 Å². The highest BCUT2D eigenvalue weighted by atomic mass is 32.2. The van der Waals surface area contributed by atoms with Gasteiger partial charge in [0.15, 0.2) is 0 Å². The third-order valence-corrected chi connectivity index (χ3v) is 5.34. The van der Waals surface area contributed by atoms with E-state index in [2.05, 4.69) is 4.98 Å². The van der Waals surface area contributed by atoms with Gasteiger partial charge in [0, 0.05) is 19.8 Å². The van der Waals surface area contributed by atoms with Crippen LogP contribution in [0.4, 0.5) is 0 Å². The van der Waals surface area contributed by atoms with Crippen molar-refractivity contribution in [2.75, 3.05) is 7.05 Å². The van der Waals surface area contributed by atoms with Crippen LogP contribution in [0.15, 0.2) is 18.3 Å². The molecule has 0 saturated heterocycles. The molecular formula is C10H14N2O2S. The van der Waals surface area contributed by atoms with Gasteiger partial charge in [-0.1, -0.05) is 6.07 Å². The first kappa shape index (κ1) is 10.6. The number of nitrogens with zero attached hydrogens (tertiary/aromatic N) is 2. The molecular weight excluding hydrogens is 212 g/mol. The van der Waals surface area contributed by atoms with Crippen LogP contribution in [0.25, 0.3) is 0 Å². The third kappa shape index (κ3) is 1.30. The Morgan fingerprint density at radius 2 is 2.13 bits per heavy atom. The lowest BCUT2D eigenvalue weighted by atomic mass is 10.0. The average Bonchev–Trinajstić information content (AvgIpc) is 2.16. The van der Waals surface area contributed by atoms with Crippen molar-refractivity contribution in [3.8, 4) is 0 Å². The minimum Gasteiger partial charge on any atom is -0.259 e. The Bertz CT molecular complexity index is 494. The summed E-state index contributed by atoms with van der Waals surface area (Å²) in [5.41, 5.74) is 1.66. The van der Waals surface area contributed by atoms with Crippen molar-refractivity contribution in [1.29, 1.82) is 0 Å². The van der Waals surface area contributed by atoms with E-state index in [-0.39, 0.29) is 0 Å². The van der Waals surface area contributed by atoms with E-state index < -0.39 is 14.8 Å². The van der Waals surface area contributed by atoms with Crippen molar-refractivity contribution in [1.82, 2.24) is 9.29 Å². The molecule has 0 fully saturated rings. The fourth-order valence-corrected chi connectivity index (χ4v) is 3.46. The first-order valence-corrected chi connectivity index (χ1v) is 6.21. The van der Waals surface area contributed by atoms with E-state index in [1.165, 1.54) is 4.31 Å². The molecule has 2 rings (SSSR count). The topological polar surface area (TPSA) is 50.3 Å². The van der Waals surface area contributed by atoms with Gasteiger partial charge in [0.05, 0.1) is 5.69 Å². The third-order valence-electron chi connectivity index (χ3n) is 2.91. The maximum atomic E-state index is 12.1. The van der Waals surface area contributed by atoms with Gasteiger partial charge >= 0.3 is 0 Å². The summed E-state index contributed by atoms with van der Waals surface area (Å²) < 4.78 is 24.6. The number of rotatable bonds is 0. The summed E-state index contributed by atoms with van der Waals surface area (Å²) in [6.45, 7) is 3.81. The lowest BCUT2D eigenvalue weighted by Gasteiger charge is -2.36. The van der Waals surface area contributed by atoms with E-state index in [1.807, 2.05) is 12.1 Å². The maximum Gasteiger partial charge on any atom is 0.225 e. The molecule has 2 heterocycles. The number of hydrogen-bond acceptors (Lipinski definition) is 3. The van der Waals surface area contributed by atoms with E-state index >= 15 is 0 Å². The molecule has 0 aromatic carbocycles. The molecule has 0 aliphatic carbocycles. The Morgan fingerprint density at radius 3 is 2.80 bits per heavy atom. The molecule has 4 nitrogen and oxygen atoms in total. The molecule has 5 heteroatoms. The van der Waals surface area contributed by atoms with E-state index in [0.29, 0.717) is 12.2 Å². The summed E-state index contributed by atoms with van der Waals surface area (Å²) in [7, 11) is -1.68. The molecule has 1 aromatic heterocycles. The van der Waals surface area contributed by atoms with Gasteiger partial charge in [-0.15, -0.1) is 0 Å². The van der Waals surface area contributed by atoms with Crippen molar-refractivity contribution in [2.45, 2.75) is 25.1 Å². The van der Waals surface area contributed by atoms with Crippen LogP contribution < -0.4 is 0 Å². The van der Waals surface area contributed by atoms with Crippen LogP contribution in [0.1, 0.15) is 25.1 Å². The number of hydrogen-bond donors (Lipinski definition) is 0. The minimum absolute atomic E-state index is 0.412. The Kier molecular flexibility index (Phi) is 2.13. The molecule has 0 spiro atoms. The molecule has 1 aliphatic rings. The first-order valence-electron chi connectivity index (χ1n) is 4.77. The van der Waals surface area contributed by atoms with Crippen LogP contribution in [0.5, 0.6) is 0 Å². The second kappa shape index (κ2) is 3.02. The fraction of sp³-hybridized carbons (Fsp3) is 0.500. The van der Waals surface area contributed by atoms with Gasteiger partial charge in [-0.25, -0.2) is 8.42 Å². The maximum absolute atomic E-state index is 12.1. The average molecular weight is 226 g/mol. The Hall–Kier alpha value is -0.940. The summed E-state index contributed by atoms with van der Waals surface area (Å²) in [4.78, 5) is 4.20. The Morgan fingerprint density at radius 1 is 1.47 bits per heavy atom. The Labute approximate surface area is 90.0 Å². The summed E-state index contributed by atoms with van der Waals surface area (Å²) in [6, 6.07) is 3.76. The SMILES string of the molecule is CN1Cc2cccnc2C(C)(C)S1(=O)=O. The van der Waals surface area contributed by atoms with Gasteiger partial charge < -0.3 is 0 Å². The monoisotopic (exact) mass is 226 g/mol. The lowest BCUT2D eigenvalue weighted by Crippen LogP contribution is -2.45. The van der Waals surface area contributed by atoms with E-state index in [4.69, 9.17) is 0 Å². The van der Waals surface area contributed by atoms with Crippen LogP contribution in [0, 0.1) is 0 Å². The van der Waals surface area contributed by atoms with Crippen LogP contribution in [-0.2, 0) is 21.3 Å². The van der Waals surface area contributed by atoms with Gasteiger partial charge in [0.2, 0.25) is 10.0 Å². The molecule has 0 N–H and O–H groups in total. The molecule has 0 unspecified atom stereocenters. The van der Waals surface area contributed by atoms with Crippen molar-refractivity contribution < 1.29 is 8.42 Å². The van der Waals surface area contributed by atoms with Crippen molar-refractivity contribution in [3.63, 3.8) is 0 Å². The van der Waals surface area contributed by atoms with Gasteiger partial charge in [-0.05, 0) is 25.5 Å². The standard InChI is InChI=1S/C10H14N2O2S/c1-10(2)9-8(5-4-6-11-9)7-12(3)15(10,13)14/h4-6H,7H2,1-3H3. The molecule has 0 radical (unpaired) electrons. The van der Waals surface area contributed by atoms with E-state index in [0.717, 1.165) is 5.56 Å². The molecule has 0 saturated carbocycles. The smallest absolute Gasteiger partial charge is 0.225 e. The quantitative estimate of drug-likeness (QED) is 0.665. The molecule has 1 aromatic rings. The Balaban J connectivity index is 2.72. The molecule has 82 valence electrons. The molecule has 0 bridgehead atoms. The summed E-state index contributed by atoms with van der Waals surface area (Å²) >= 11 is 0. The minimum atomic E-state index is -3.28. The highest BCUT2D eigenvalue weighted by molar-refractivity contribution is 7.90. The van der Waals surface area contributed by atoms with E-state index in [1.54, 1.807) is 27.1 Å². The zero-order valence-electron chi connectivity index (χ0n) is 9.06. The number of pyridine rings is 1. The molecule has 15 heavy (non-hydrogen) atoms. The highest BCUT2D eigenvalue weighted by Gasteiger charge is 2.45. The van der Waals surface area contributed by atoms with Crippen LogP contribution >= 0.6 is 0 Å². The summed E-state index contributed by atoms with van der Waals surface area (Å²) in [5.74, 6) is 0. The zero-order valence-corrected chi connectivity index (χ0v) is 9.87. The van der Waals surface area contributed by atoms with E-state index in [9.17, 15) is 8.42 Å². The number of fused-ring (bicyclic) bond motifs is 1. The van der Waals surface area contributed by atoms with Gasteiger partial charge in [-0.2, -0.15) is 4.31 Å². The van der Waals surface area contributed by atoms with Gasteiger partial charge in [-0.3, -0.25) is 4.98 Å². The first-order chi connectivity index (χ1) is 6.87. The highest BCUT2D eigenvalue weighted by Crippen LogP contribution is 2.37. The van der Waals surface area contributed by atoms with Crippen LogP contribution in [0.2, 0.25) is 0 Å². The molecule has 1 aliphatic heterocycles. The molecule has 0 atom stereocenters. The predicted molar refractivity (Wildman–Crippen MR) is 57.6 cm³/mol. The largest absolute Gasteiger partial charge is 0.259 e. The number of sulfonamides is 1. The van der Waals surface area contributed by atoms with Gasteiger partial charge in [0.1, 0.15) is 4.75 Å². The lowest BCUT2D eigenvalue weighted by molar-refractivity contribution is 0.413. The number of aromatic nitrogens is 1. The second-order valence-electron chi connectivity index (χ2n) is 4.28. The second-order valence-corrected chi connectivity index (χ2v) is 6.88. The normalized spacial score (nSPS) is 23.4. The van der Waals surface area contributed by atoms with Crippen molar-refractivity contribution in [2.24, 2.45) is 0 Å².